The zero-order chi connectivity index (χ0) is 20.7. The molecule has 4 aromatic rings. The summed E-state index contributed by atoms with van der Waals surface area (Å²) < 4.78 is 6.93. The molecule has 3 N–H and O–H groups in total. The number of rotatable bonds is 3. The van der Waals surface area contributed by atoms with Gasteiger partial charge in [-0.1, -0.05) is 12.1 Å². The Morgan fingerprint density at radius 3 is 2.83 bits per heavy atom. The number of benzene rings is 2. The van der Waals surface area contributed by atoms with E-state index in [1.165, 1.54) is 6.20 Å². The minimum Gasteiger partial charge on any atom is -0.504 e. The molecule has 7 nitrogen and oxygen atoms in total. The fourth-order valence-corrected chi connectivity index (χ4v) is 4.49. The molecule has 150 valence electrons. The van der Waals surface area contributed by atoms with Crippen LogP contribution >= 0.6 is 11.3 Å². The second-order valence-electron chi connectivity index (χ2n) is 7.01. The normalized spacial score (nSPS) is 13.5. The molecule has 0 spiro atoms. The first-order chi connectivity index (χ1) is 14.6. The van der Waals surface area contributed by atoms with Crippen molar-refractivity contribution in [3.8, 4) is 22.1 Å². The van der Waals surface area contributed by atoms with Gasteiger partial charge in [-0.2, -0.15) is 0 Å². The molecular formula is C22H18N4O3S. The summed E-state index contributed by atoms with van der Waals surface area (Å²) in [5, 5.41) is 11.5. The van der Waals surface area contributed by atoms with Crippen LogP contribution in [0.4, 0.5) is 5.82 Å². The number of pyridine rings is 1. The van der Waals surface area contributed by atoms with Crippen LogP contribution in [0.1, 0.15) is 15.9 Å². The van der Waals surface area contributed by atoms with Gasteiger partial charge >= 0.3 is 0 Å². The van der Waals surface area contributed by atoms with Gasteiger partial charge in [0.2, 0.25) is 5.91 Å². The summed E-state index contributed by atoms with van der Waals surface area (Å²) in [6.45, 7) is 1.50. The number of thiazole rings is 1. The summed E-state index contributed by atoms with van der Waals surface area (Å²) in [7, 11) is 0. The SMILES string of the molecule is NC(=O)c1ccc(N2CCOc3c(O)cc(-c4nc5ccccc5s4)cc3C2)nc1. The van der Waals surface area contributed by atoms with Crippen molar-refractivity contribution in [1.82, 2.24) is 9.97 Å². The van der Waals surface area contributed by atoms with Crippen molar-refractivity contribution in [2.24, 2.45) is 5.73 Å². The first kappa shape index (κ1) is 18.4. The maximum Gasteiger partial charge on any atom is 0.250 e. The van der Waals surface area contributed by atoms with Crippen LogP contribution in [0.25, 0.3) is 20.8 Å². The lowest BCUT2D eigenvalue weighted by Crippen LogP contribution is -2.26. The Morgan fingerprint density at radius 1 is 1.20 bits per heavy atom. The molecule has 0 aliphatic carbocycles. The van der Waals surface area contributed by atoms with Crippen molar-refractivity contribution in [2.45, 2.75) is 6.54 Å². The number of hydrogen-bond donors (Lipinski definition) is 2. The van der Waals surface area contributed by atoms with Gasteiger partial charge in [0.25, 0.3) is 0 Å². The number of phenols is 1. The van der Waals surface area contributed by atoms with E-state index < -0.39 is 5.91 Å². The van der Waals surface area contributed by atoms with Gasteiger partial charge in [0.15, 0.2) is 11.5 Å². The molecule has 0 fully saturated rings. The molecule has 0 saturated carbocycles. The molecule has 0 atom stereocenters. The number of para-hydroxylation sites is 1. The summed E-state index contributed by atoms with van der Waals surface area (Å²) in [5.74, 6) is 0.780. The average molecular weight is 418 g/mol. The second kappa shape index (κ2) is 7.31. The minimum absolute atomic E-state index is 0.0978. The highest BCUT2D eigenvalue weighted by molar-refractivity contribution is 7.21. The monoisotopic (exact) mass is 418 g/mol. The minimum atomic E-state index is -0.510. The number of phenolic OH excluding ortho intramolecular Hbond substituents is 1. The number of aromatic hydroxyl groups is 1. The van der Waals surface area contributed by atoms with E-state index in [1.54, 1.807) is 29.5 Å². The number of carbonyl (C=O) groups excluding carboxylic acids is 1. The van der Waals surface area contributed by atoms with Crippen LogP contribution in [0.2, 0.25) is 0 Å². The molecule has 2 aromatic heterocycles. The number of carbonyl (C=O) groups is 1. The third-order valence-corrected chi connectivity index (χ3v) is 6.10. The smallest absolute Gasteiger partial charge is 0.250 e. The van der Waals surface area contributed by atoms with Crippen molar-refractivity contribution in [3.63, 3.8) is 0 Å². The number of hydrogen-bond acceptors (Lipinski definition) is 7. The first-order valence-corrected chi connectivity index (χ1v) is 10.3. The Hall–Kier alpha value is -3.65. The highest BCUT2D eigenvalue weighted by Gasteiger charge is 2.21. The van der Waals surface area contributed by atoms with Crippen LogP contribution in [-0.2, 0) is 6.54 Å². The number of fused-ring (bicyclic) bond motifs is 2. The van der Waals surface area contributed by atoms with Gasteiger partial charge in [0.1, 0.15) is 17.4 Å². The van der Waals surface area contributed by atoms with Crippen molar-refractivity contribution in [1.29, 1.82) is 0 Å². The lowest BCUT2D eigenvalue weighted by Gasteiger charge is -2.21. The summed E-state index contributed by atoms with van der Waals surface area (Å²) in [4.78, 5) is 22.4. The Morgan fingerprint density at radius 2 is 2.07 bits per heavy atom. The maximum atomic E-state index is 11.3. The Labute approximate surface area is 176 Å². The van der Waals surface area contributed by atoms with Gasteiger partial charge in [-0.15, -0.1) is 11.3 Å². The van der Waals surface area contributed by atoms with Crippen LogP contribution in [-0.4, -0.2) is 34.1 Å². The van der Waals surface area contributed by atoms with E-state index in [9.17, 15) is 9.90 Å². The highest BCUT2D eigenvalue weighted by Crippen LogP contribution is 2.40. The second-order valence-corrected chi connectivity index (χ2v) is 8.04. The zero-order valence-corrected chi connectivity index (χ0v) is 16.7. The molecule has 0 saturated heterocycles. The van der Waals surface area contributed by atoms with Crippen molar-refractivity contribution < 1.29 is 14.6 Å². The molecular weight excluding hydrogens is 400 g/mol. The number of anilines is 1. The molecule has 30 heavy (non-hydrogen) atoms. The predicted octanol–water partition coefficient (Wildman–Crippen LogP) is 3.56. The van der Waals surface area contributed by atoms with Crippen LogP contribution < -0.4 is 15.4 Å². The van der Waals surface area contributed by atoms with E-state index in [1.807, 2.05) is 35.2 Å². The molecule has 2 aromatic carbocycles. The fraction of sp³-hybridized carbons (Fsp3) is 0.136. The molecule has 3 heterocycles. The standard InChI is InChI=1S/C22H18N4O3S/c23-21(28)13-5-6-19(24-11-13)26-7-8-29-20-15(12-26)9-14(10-17(20)27)22-25-16-3-1-2-4-18(16)30-22/h1-6,9-11,27H,7-8,12H2,(H2,23,28). The van der Waals surface area contributed by atoms with E-state index in [0.29, 0.717) is 36.8 Å². The van der Waals surface area contributed by atoms with E-state index >= 15 is 0 Å². The van der Waals surface area contributed by atoms with Crippen LogP contribution in [0.15, 0.2) is 54.7 Å². The first-order valence-electron chi connectivity index (χ1n) is 9.44. The third-order valence-electron chi connectivity index (χ3n) is 5.01. The van der Waals surface area contributed by atoms with Gasteiger partial charge in [0, 0.05) is 23.9 Å². The highest BCUT2D eigenvalue weighted by atomic mass is 32.1. The van der Waals surface area contributed by atoms with E-state index in [4.69, 9.17) is 15.5 Å². The van der Waals surface area contributed by atoms with Gasteiger partial charge in [-0.25, -0.2) is 9.97 Å². The lowest BCUT2D eigenvalue weighted by atomic mass is 10.1. The number of ether oxygens (including phenoxy) is 1. The molecule has 8 heteroatoms. The Kier molecular flexibility index (Phi) is 4.48. The summed E-state index contributed by atoms with van der Waals surface area (Å²) in [5.41, 5.74) is 8.29. The zero-order valence-electron chi connectivity index (χ0n) is 15.9. The molecule has 1 aliphatic heterocycles. The van der Waals surface area contributed by atoms with Gasteiger partial charge < -0.3 is 20.5 Å². The number of amides is 1. The number of nitrogens with zero attached hydrogens (tertiary/aromatic N) is 3. The quantitative estimate of drug-likeness (QED) is 0.527. The van der Waals surface area contributed by atoms with E-state index in [-0.39, 0.29) is 5.75 Å². The molecule has 1 amide bonds. The van der Waals surface area contributed by atoms with Gasteiger partial charge in [-0.3, -0.25) is 4.79 Å². The van der Waals surface area contributed by atoms with Gasteiger partial charge in [-0.05, 0) is 36.4 Å². The van der Waals surface area contributed by atoms with Crippen LogP contribution in [0, 0.1) is 0 Å². The van der Waals surface area contributed by atoms with E-state index in [0.717, 1.165) is 26.4 Å². The molecule has 0 radical (unpaired) electrons. The van der Waals surface area contributed by atoms with Crippen LogP contribution in [0.3, 0.4) is 0 Å². The summed E-state index contributed by atoms with van der Waals surface area (Å²) in [6, 6.07) is 15.1. The summed E-state index contributed by atoms with van der Waals surface area (Å²) in [6.07, 6.45) is 1.47. The molecule has 0 bridgehead atoms. The third kappa shape index (κ3) is 3.31. The van der Waals surface area contributed by atoms with Crippen molar-refractivity contribution >= 4 is 33.3 Å². The topological polar surface area (TPSA) is 102 Å². The predicted molar refractivity (Wildman–Crippen MR) is 116 cm³/mol. The average Bonchev–Trinajstić information content (AvgIpc) is 3.07. The van der Waals surface area contributed by atoms with Crippen molar-refractivity contribution in [2.75, 3.05) is 18.1 Å². The van der Waals surface area contributed by atoms with Crippen molar-refractivity contribution in [3.05, 3.63) is 65.9 Å². The molecule has 5 rings (SSSR count). The molecule has 0 unspecified atom stereocenters. The number of primary amides is 1. The number of aromatic nitrogens is 2. The summed E-state index contributed by atoms with van der Waals surface area (Å²) >= 11 is 1.58. The Balaban J connectivity index is 1.51. The largest absolute Gasteiger partial charge is 0.504 e. The maximum absolute atomic E-state index is 11.3. The number of nitrogens with two attached hydrogens (primary N) is 1. The van der Waals surface area contributed by atoms with Crippen LogP contribution in [0.5, 0.6) is 11.5 Å². The molecule has 1 aliphatic rings. The Bertz CT molecular complexity index is 1220. The van der Waals surface area contributed by atoms with Gasteiger partial charge in [0.05, 0.1) is 22.3 Å². The fourth-order valence-electron chi connectivity index (χ4n) is 3.53. The van der Waals surface area contributed by atoms with E-state index in [2.05, 4.69) is 4.98 Å². The lowest BCUT2D eigenvalue weighted by molar-refractivity contribution is 0.1000.